The number of anilines is 1. The molecule has 0 unspecified atom stereocenters. The van der Waals surface area contributed by atoms with Crippen LogP contribution in [0.15, 0.2) is 30.3 Å². The molecule has 0 saturated heterocycles. The van der Waals surface area contributed by atoms with Gasteiger partial charge in [-0.05, 0) is 19.1 Å². The topological polar surface area (TPSA) is 37.4 Å². The molecule has 1 rings (SSSR count). The van der Waals surface area contributed by atoms with E-state index in [1.807, 2.05) is 30.3 Å². The number of benzene rings is 1. The van der Waals surface area contributed by atoms with Gasteiger partial charge in [-0.2, -0.15) is 0 Å². The Hall–Kier alpha value is -1.64. The molecule has 0 radical (unpaired) electrons. The molecule has 74 valence electrons. The van der Waals surface area contributed by atoms with Crippen molar-refractivity contribution in [3.63, 3.8) is 0 Å². The number of carbonyl (C=O) groups excluding carboxylic acids is 2. The van der Waals surface area contributed by atoms with Crippen LogP contribution >= 0.6 is 0 Å². The standard InChI is InChI=1S/C11H13NO2/c1-9(13)8-12(10(2)14)11-6-4-3-5-7-11/h3-7H,8H2,1-2H3. The number of nitrogens with zero attached hydrogens (tertiary/aromatic N) is 1. The Labute approximate surface area is 83.3 Å². The van der Waals surface area contributed by atoms with Gasteiger partial charge in [-0.3, -0.25) is 9.59 Å². The summed E-state index contributed by atoms with van der Waals surface area (Å²) in [6, 6.07) is 9.17. The van der Waals surface area contributed by atoms with Crippen LogP contribution in [0.1, 0.15) is 13.8 Å². The first kappa shape index (κ1) is 10.4. The van der Waals surface area contributed by atoms with E-state index in [-0.39, 0.29) is 18.2 Å². The van der Waals surface area contributed by atoms with Crippen LogP contribution in [0.3, 0.4) is 0 Å². The molecule has 0 aliphatic rings. The second kappa shape index (κ2) is 4.56. The quantitative estimate of drug-likeness (QED) is 0.728. The summed E-state index contributed by atoms with van der Waals surface area (Å²) in [5.41, 5.74) is 0.759. The molecular formula is C11H13NO2. The first-order chi connectivity index (χ1) is 6.61. The van der Waals surface area contributed by atoms with Crippen molar-refractivity contribution in [1.82, 2.24) is 0 Å². The largest absolute Gasteiger partial charge is 0.305 e. The second-order valence-corrected chi connectivity index (χ2v) is 3.14. The molecule has 0 saturated carbocycles. The monoisotopic (exact) mass is 191 g/mol. The highest BCUT2D eigenvalue weighted by molar-refractivity contribution is 5.97. The predicted octanol–water partition coefficient (Wildman–Crippen LogP) is 1.63. The molecule has 0 aliphatic carbocycles. The maximum Gasteiger partial charge on any atom is 0.224 e. The van der Waals surface area contributed by atoms with Crippen LogP contribution in [0.5, 0.6) is 0 Å². The number of carbonyl (C=O) groups is 2. The van der Waals surface area contributed by atoms with Crippen LogP contribution in [-0.2, 0) is 9.59 Å². The lowest BCUT2D eigenvalue weighted by Crippen LogP contribution is -2.32. The van der Waals surface area contributed by atoms with Crippen molar-refractivity contribution in [1.29, 1.82) is 0 Å². The summed E-state index contributed by atoms with van der Waals surface area (Å²) in [5.74, 6) is -0.143. The van der Waals surface area contributed by atoms with Gasteiger partial charge in [-0.25, -0.2) is 0 Å². The first-order valence-electron chi connectivity index (χ1n) is 4.44. The molecule has 0 fully saturated rings. The molecule has 1 aromatic rings. The summed E-state index contributed by atoms with van der Waals surface area (Å²) < 4.78 is 0. The van der Waals surface area contributed by atoms with E-state index in [2.05, 4.69) is 0 Å². The van der Waals surface area contributed by atoms with Gasteiger partial charge in [0.05, 0.1) is 6.54 Å². The highest BCUT2D eigenvalue weighted by Crippen LogP contribution is 2.12. The summed E-state index contributed by atoms with van der Waals surface area (Å²) in [7, 11) is 0. The summed E-state index contributed by atoms with van der Waals surface area (Å²) in [6.07, 6.45) is 0. The SMILES string of the molecule is CC(=O)CN(C(C)=O)c1ccccc1. The van der Waals surface area contributed by atoms with Gasteiger partial charge in [0.25, 0.3) is 0 Å². The third-order valence-corrected chi connectivity index (χ3v) is 1.83. The van der Waals surface area contributed by atoms with Crippen LogP contribution in [0, 0.1) is 0 Å². The Morgan fingerprint density at radius 2 is 1.71 bits per heavy atom. The van der Waals surface area contributed by atoms with Crippen molar-refractivity contribution in [2.45, 2.75) is 13.8 Å². The Balaban J connectivity index is 2.89. The maximum absolute atomic E-state index is 11.3. The van der Waals surface area contributed by atoms with Crippen LogP contribution in [0.4, 0.5) is 5.69 Å². The molecule has 1 aromatic carbocycles. The molecule has 0 aromatic heterocycles. The fourth-order valence-electron chi connectivity index (χ4n) is 1.22. The number of hydrogen-bond donors (Lipinski definition) is 0. The Bertz CT molecular complexity index is 332. The van der Waals surface area contributed by atoms with Crippen LogP contribution in [0.25, 0.3) is 0 Å². The van der Waals surface area contributed by atoms with Crippen LogP contribution in [0.2, 0.25) is 0 Å². The summed E-state index contributed by atoms with van der Waals surface area (Å²) >= 11 is 0. The van der Waals surface area contributed by atoms with Gasteiger partial charge in [-0.1, -0.05) is 18.2 Å². The van der Waals surface area contributed by atoms with Crippen molar-refractivity contribution in [3.05, 3.63) is 30.3 Å². The first-order valence-corrected chi connectivity index (χ1v) is 4.44. The van der Waals surface area contributed by atoms with E-state index in [1.165, 1.54) is 18.7 Å². The van der Waals surface area contributed by atoms with E-state index < -0.39 is 0 Å². The Morgan fingerprint density at radius 1 is 1.14 bits per heavy atom. The number of ketones is 1. The van der Waals surface area contributed by atoms with Crippen LogP contribution < -0.4 is 4.90 Å². The van der Waals surface area contributed by atoms with Gasteiger partial charge in [0, 0.05) is 12.6 Å². The van der Waals surface area contributed by atoms with Crippen molar-refractivity contribution in [2.75, 3.05) is 11.4 Å². The van der Waals surface area contributed by atoms with Gasteiger partial charge in [0.2, 0.25) is 5.91 Å². The molecular weight excluding hydrogens is 178 g/mol. The van der Waals surface area contributed by atoms with Gasteiger partial charge < -0.3 is 4.90 Å². The highest BCUT2D eigenvalue weighted by atomic mass is 16.2. The van der Waals surface area contributed by atoms with E-state index in [0.29, 0.717) is 0 Å². The molecule has 0 atom stereocenters. The van der Waals surface area contributed by atoms with Crippen molar-refractivity contribution < 1.29 is 9.59 Å². The summed E-state index contributed by atoms with van der Waals surface area (Å²) in [4.78, 5) is 23.7. The summed E-state index contributed by atoms with van der Waals surface area (Å²) in [6.45, 7) is 3.06. The van der Waals surface area contributed by atoms with Crippen LogP contribution in [-0.4, -0.2) is 18.2 Å². The maximum atomic E-state index is 11.3. The number of amides is 1. The Kier molecular flexibility index (Phi) is 3.40. The fourth-order valence-corrected chi connectivity index (χ4v) is 1.22. The lowest BCUT2D eigenvalue weighted by molar-refractivity contribution is -0.120. The summed E-state index contributed by atoms with van der Waals surface area (Å²) in [5, 5.41) is 0. The molecule has 0 bridgehead atoms. The number of rotatable bonds is 3. The average Bonchev–Trinajstić information content (AvgIpc) is 2.15. The number of Topliss-reactive ketones (excluding diaryl/α,β-unsaturated/α-hetero) is 1. The third kappa shape index (κ3) is 2.69. The lowest BCUT2D eigenvalue weighted by Gasteiger charge is -2.19. The predicted molar refractivity (Wildman–Crippen MR) is 55.2 cm³/mol. The molecule has 0 aliphatic heterocycles. The molecule has 0 N–H and O–H groups in total. The average molecular weight is 191 g/mol. The zero-order valence-electron chi connectivity index (χ0n) is 8.36. The van der Waals surface area contributed by atoms with Gasteiger partial charge in [-0.15, -0.1) is 0 Å². The van der Waals surface area contributed by atoms with Gasteiger partial charge >= 0.3 is 0 Å². The van der Waals surface area contributed by atoms with E-state index in [9.17, 15) is 9.59 Å². The van der Waals surface area contributed by atoms with Crippen molar-refractivity contribution in [3.8, 4) is 0 Å². The molecule has 0 heterocycles. The van der Waals surface area contributed by atoms with E-state index in [0.717, 1.165) is 5.69 Å². The van der Waals surface area contributed by atoms with Gasteiger partial charge in [0.15, 0.2) is 0 Å². The minimum absolute atomic E-state index is 0.0240. The zero-order valence-corrected chi connectivity index (χ0v) is 8.36. The van der Waals surface area contributed by atoms with E-state index >= 15 is 0 Å². The minimum atomic E-state index is -0.119. The minimum Gasteiger partial charge on any atom is -0.305 e. The number of para-hydroxylation sites is 1. The second-order valence-electron chi connectivity index (χ2n) is 3.14. The van der Waals surface area contributed by atoms with Gasteiger partial charge in [0.1, 0.15) is 5.78 Å². The third-order valence-electron chi connectivity index (χ3n) is 1.83. The smallest absolute Gasteiger partial charge is 0.224 e. The molecule has 3 nitrogen and oxygen atoms in total. The lowest BCUT2D eigenvalue weighted by atomic mass is 10.2. The molecule has 1 amide bonds. The molecule has 3 heteroatoms. The number of hydrogen-bond acceptors (Lipinski definition) is 2. The normalized spacial score (nSPS) is 9.57. The Morgan fingerprint density at radius 3 is 2.14 bits per heavy atom. The molecule has 0 spiro atoms. The fraction of sp³-hybridized carbons (Fsp3) is 0.273. The zero-order chi connectivity index (χ0) is 10.6. The van der Waals surface area contributed by atoms with Crippen molar-refractivity contribution in [2.24, 2.45) is 0 Å². The van der Waals surface area contributed by atoms with E-state index in [1.54, 1.807) is 0 Å². The van der Waals surface area contributed by atoms with Crippen molar-refractivity contribution >= 4 is 17.4 Å². The molecule has 14 heavy (non-hydrogen) atoms. The highest BCUT2D eigenvalue weighted by Gasteiger charge is 2.12. The van der Waals surface area contributed by atoms with E-state index in [4.69, 9.17) is 0 Å².